The second-order valence-corrected chi connectivity index (χ2v) is 7.85. The average molecular weight is 434 g/mol. The van der Waals surface area contributed by atoms with Crippen molar-refractivity contribution in [1.82, 2.24) is 0 Å². The molecule has 2 aromatic carbocycles. The van der Waals surface area contributed by atoms with Crippen molar-refractivity contribution in [2.24, 2.45) is 0 Å². The average Bonchev–Trinajstić information content (AvgIpc) is 3.06. The summed E-state index contributed by atoms with van der Waals surface area (Å²) in [5.41, 5.74) is 3.38. The van der Waals surface area contributed by atoms with Gasteiger partial charge in [-0.15, -0.1) is 11.3 Å². The third kappa shape index (κ3) is 4.44. The van der Waals surface area contributed by atoms with Crippen LogP contribution in [-0.2, 0) is 0 Å². The maximum absolute atomic E-state index is 12.9. The Balaban J connectivity index is 1.86. The molecule has 0 aliphatic carbocycles. The number of nitriles is 1. The summed E-state index contributed by atoms with van der Waals surface area (Å²) in [6.07, 6.45) is 0. The van der Waals surface area contributed by atoms with E-state index in [1.165, 1.54) is 24.3 Å². The van der Waals surface area contributed by atoms with E-state index in [-0.39, 0.29) is 27.7 Å². The Kier molecular flexibility index (Phi) is 6.13. The molecule has 8 nitrogen and oxygen atoms in total. The SMILES string of the molecule is Cc1cccc(NC(=O)c2sc(NC(=O)c3ccc([N+](=O)[O-])cc3)c(C#N)c2C)c1C. The molecule has 3 aromatic rings. The van der Waals surface area contributed by atoms with Crippen LogP contribution in [0, 0.1) is 42.2 Å². The quantitative estimate of drug-likeness (QED) is 0.434. The minimum absolute atomic E-state index is 0.133. The molecule has 9 heteroatoms. The number of nitrogens with one attached hydrogen (secondary N) is 2. The molecule has 0 saturated heterocycles. The number of thiophene rings is 1. The van der Waals surface area contributed by atoms with Crippen molar-refractivity contribution in [3.8, 4) is 6.07 Å². The monoisotopic (exact) mass is 434 g/mol. The summed E-state index contributed by atoms with van der Waals surface area (Å²) in [5.74, 6) is -0.905. The first-order valence-electron chi connectivity index (χ1n) is 9.19. The Morgan fingerprint density at radius 1 is 1.00 bits per heavy atom. The van der Waals surface area contributed by atoms with Gasteiger partial charge >= 0.3 is 0 Å². The zero-order valence-electron chi connectivity index (χ0n) is 17.0. The van der Waals surface area contributed by atoms with Crippen LogP contribution in [0.25, 0.3) is 0 Å². The summed E-state index contributed by atoms with van der Waals surface area (Å²) in [4.78, 5) is 35.9. The fourth-order valence-corrected chi connectivity index (χ4v) is 3.98. The van der Waals surface area contributed by atoms with Gasteiger partial charge in [-0.25, -0.2) is 0 Å². The Morgan fingerprint density at radius 2 is 1.68 bits per heavy atom. The molecule has 2 N–H and O–H groups in total. The van der Waals surface area contributed by atoms with E-state index in [1.807, 2.05) is 32.0 Å². The topological polar surface area (TPSA) is 125 Å². The number of anilines is 2. The number of hydrogen-bond donors (Lipinski definition) is 2. The minimum atomic E-state index is -0.557. The molecule has 1 aromatic heterocycles. The molecule has 31 heavy (non-hydrogen) atoms. The Bertz CT molecular complexity index is 1240. The molecule has 0 aliphatic heterocycles. The van der Waals surface area contributed by atoms with Gasteiger partial charge in [0.05, 0.1) is 15.4 Å². The summed E-state index contributed by atoms with van der Waals surface area (Å²) in [5, 5.41) is 26.0. The minimum Gasteiger partial charge on any atom is -0.321 e. The van der Waals surface area contributed by atoms with Gasteiger partial charge in [0.25, 0.3) is 17.5 Å². The van der Waals surface area contributed by atoms with E-state index in [4.69, 9.17) is 0 Å². The van der Waals surface area contributed by atoms with E-state index in [0.29, 0.717) is 16.1 Å². The van der Waals surface area contributed by atoms with E-state index >= 15 is 0 Å². The highest BCUT2D eigenvalue weighted by atomic mass is 32.1. The van der Waals surface area contributed by atoms with Gasteiger partial charge in [-0.2, -0.15) is 5.26 Å². The standard InChI is InChI=1S/C22H18N4O4S/c1-12-5-4-6-18(13(12)2)24-21(28)19-14(3)17(11-23)22(31-19)25-20(27)15-7-9-16(10-8-15)26(29)30/h4-10H,1-3H3,(H,24,28)(H,25,27). The van der Waals surface area contributed by atoms with Crippen LogP contribution in [0.15, 0.2) is 42.5 Å². The van der Waals surface area contributed by atoms with Gasteiger partial charge in [-0.3, -0.25) is 19.7 Å². The summed E-state index contributed by atoms with van der Waals surface area (Å²) in [7, 11) is 0. The number of hydrogen-bond acceptors (Lipinski definition) is 6. The summed E-state index contributed by atoms with van der Waals surface area (Å²) >= 11 is 1.00. The van der Waals surface area contributed by atoms with Gasteiger partial charge < -0.3 is 10.6 Å². The van der Waals surface area contributed by atoms with Crippen molar-refractivity contribution >= 4 is 39.5 Å². The predicted molar refractivity (Wildman–Crippen MR) is 119 cm³/mol. The molecule has 0 unspecified atom stereocenters. The molecule has 2 amide bonds. The van der Waals surface area contributed by atoms with Crippen LogP contribution in [0.2, 0.25) is 0 Å². The first kappa shape index (κ1) is 21.7. The highest BCUT2D eigenvalue weighted by Gasteiger charge is 2.22. The van der Waals surface area contributed by atoms with E-state index in [1.54, 1.807) is 13.0 Å². The Hall–Kier alpha value is -4.03. The van der Waals surface area contributed by atoms with Crippen LogP contribution in [0.4, 0.5) is 16.4 Å². The first-order valence-corrected chi connectivity index (χ1v) is 10.0. The lowest BCUT2D eigenvalue weighted by Gasteiger charge is -2.09. The van der Waals surface area contributed by atoms with Crippen LogP contribution in [0.1, 0.15) is 42.3 Å². The van der Waals surface area contributed by atoms with Crippen molar-refractivity contribution in [3.63, 3.8) is 0 Å². The van der Waals surface area contributed by atoms with Gasteiger partial charge in [-0.1, -0.05) is 12.1 Å². The number of nitro groups is 1. The molecule has 0 aliphatic rings. The Morgan fingerprint density at radius 3 is 2.29 bits per heavy atom. The first-order chi connectivity index (χ1) is 14.7. The highest BCUT2D eigenvalue weighted by Crippen LogP contribution is 2.34. The highest BCUT2D eigenvalue weighted by molar-refractivity contribution is 7.18. The van der Waals surface area contributed by atoms with Crippen LogP contribution in [0.5, 0.6) is 0 Å². The number of non-ortho nitro benzene ring substituents is 1. The molecule has 0 atom stereocenters. The molecule has 156 valence electrons. The van der Waals surface area contributed by atoms with Crippen molar-refractivity contribution in [1.29, 1.82) is 5.26 Å². The number of carbonyl (C=O) groups excluding carboxylic acids is 2. The van der Waals surface area contributed by atoms with Crippen LogP contribution in [0.3, 0.4) is 0 Å². The zero-order valence-corrected chi connectivity index (χ0v) is 17.8. The number of amides is 2. The molecule has 0 spiro atoms. The number of nitro benzene ring substituents is 1. The van der Waals surface area contributed by atoms with E-state index in [0.717, 1.165) is 22.5 Å². The molecule has 0 saturated carbocycles. The van der Waals surface area contributed by atoms with Gasteiger partial charge in [0.15, 0.2) is 0 Å². The molecular weight excluding hydrogens is 416 g/mol. The lowest BCUT2D eigenvalue weighted by molar-refractivity contribution is -0.384. The molecule has 0 radical (unpaired) electrons. The van der Waals surface area contributed by atoms with Gasteiger partial charge in [-0.05, 0) is 55.7 Å². The molecule has 1 heterocycles. The lowest BCUT2D eigenvalue weighted by atomic mass is 10.1. The summed E-state index contributed by atoms with van der Waals surface area (Å²) in [6.45, 7) is 5.50. The van der Waals surface area contributed by atoms with E-state index < -0.39 is 10.8 Å². The number of aryl methyl sites for hydroxylation is 1. The van der Waals surface area contributed by atoms with Crippen LogP contribution in [-0.4, -0.2) is 16.7 Å². The largest absolute Gasteiger partial charge is 0.321 e. The van der Waals surface area contributed by atoms with Gasteiger partial charge in [0.1, 0.15) is 11.1 Å². The Labute approximate surface area is 182 Å². The zero-order chi connectivity index (χ0) is 22.7. The fraction of sp³-hybridized carbons (Fsp3) is 0.136. The maximum atomic E-state index is 12.9. The normalized spacial score (nSPS) is 10.3. The number of nitrogens with zero attached hydrogens (tertiary/aromatic N) is 2. The van der Waals surface area contributed by atoms with E-state index in [9.17, 15) is 25.0 Å². The third-order valence-electron chi connectivity index (χ3n) is 4.89. The predicted octanol–water partition coefficient (Wildman–Crippen LogP) is 4.96. The van der Waals surface area contributed by atoms with Crippen LogP contribution < -0.4 is 10.6 Å². The number of rotatable bonds is 5. The van der Waals surface area contributed by atoms with Gasteiger partial charge in [0.2, 0.25) is 0 Å². The third-order valence-corrected chi connectivity index (χ3v) is 6.09. The molecule has 0 bridgehead atoms. The fourth-order valence-electron chi connectivity index (χ4n) is 2.93. The molecule has 0 fully saturated rings. The van der Waals surface area contributed by atoms with E-state index in [2.05, 4.69) is 10.6 Å². The maximum Gasteiger partial charge on any atom is 0.269 e. The van der Waals surface area contributed by atoms with Gasteiger partial charge in [0, 0.05) is 23.4 Å². The molecule has 3 rings (SSSR count). The number of carbonyl (C=O) groups is 2. The second-order valence-electron chi connectivity index (χ2n) is 6.83. The van der Waals surface area contributed by atoms with Crippen molar-refractivity contribution in [3.05, 3.63) is 85.3 Å². The number of benzene rings is 2. The second kappa shape index (κ2) is 8.77. The van der Waals surface area contributed by atoms with Crippen LogP contribution >= 0.6 is 11.3 Å². The smallest absolute Gasteiger partial charge is 0.269 e. The summed E-state index contributed by atoms with van der Waals surface area (Å²) < 4.78 is 0. The summed E-state index contributed by atoms with van der Waals surface area (Å²) in [6, 6.07) is 12.7. The van der Waals surface area contributed by atoms with Crippen molar-refractivity contribution < 1.29 is 14.5 Å². The van der Waals surface area contributed by atoms with Crippen molar-refractivity contribution in [2.75, 3.05) is 10.6 Å². The molecular formula is C22H18N4O4S. The lowest BCUT2D eigenvalue weighted by Crippen LogP contribution is -2.12. The van der Waals surface area contributed by atoms with Crippen molar-refractivity contribution in [2.45, 2.75) is 20.8 Å².